The molecule has 6 heteroatoms. The minimum Gasteiger partial charge on any atom is -0.391 e. The molecule has 0 aliphatic carbocycles. The fraction of sp³-hybridized carbons (Fsp3) is 0.818. The zero-order valence-corrected chi connectivity index (χ0v) is 9.58. The van der Waals surface area contributed by atoms with Crippen molar-refractivity contribution >= 4 is 0 Å². The molecule has 2 saturated heterocycles. The van der Waals surface area contributed by atoms with Crippen LogP contribution in [0.15, 0.2) is 12.7 Å². The van der Waals surface area contributed by atoms with E-state index in [0.29, 0.717) is 19.8 Å². The van der Waals surface area contributed by atoms with Gasteiger partial charge in [-0.05, 0) is 0 Å². The van der Waals surface area contributed by atoms with E-state index in [1.54, 1.807) is 6.08 Å². The van der Waals surface area contributed by atoms with Crippen molar-refractivity contribution in [3.8, 4) is 0 Å². The van der Waals surface area contributed by atoms with Gasteiger partial charge in [0.05, 0.1) is 26.4 Å². The van der Waals surface area contributed by atoms with E-state index < -0.39 is 24.1 Å². The van der Waals surface area contributed by atoms with E-state index in [1.807, 2.05) is 0 Å². The predicted octanol–water partition coefficient (Wildman–Crippen LogP) is -0.947. The SMILES string of the molecule is C=CCO[C@@H]1[C@@H](O)CO[C@@H]1C1(CO)OCCO1. The van der Waals surface area contributed by atoms with Gasteiger partial charge in [-0.25, -0.2) is 0 Å². The summed E-state index contributed by atoms with van der Waals surface area (Å²) in [4.78, 5) is 0. The number of aliphatic hydroxyl groups is 2. The molecule has 2 heterocycles. The first-order chi connectivity index (χ1) is 8.23. The van der Waals surface area contributed by atoms with Crippen molar-refractivity contribution in [3.05, 3.63) is 12.7 Å². The van der Waals surface area contributed by atoms with E-state index in [2.05, 4.69) is 6.58 Å². The summed E-state index contributed by atoms with van der Waals surface area (Å²) in [7, 11) is 0. The van der Waals surface area contributed by atoms with E-state index in [4.69, 9.17) is 18.9 Å². The molecule has 2 aliphatic heterocycles. The Bertz CT molecular complexity index is 263. The molecule has 0 bridgehead atoms. The second-order valence-electron chi connectivity index (χ2n) is 4.07. The van der Waals surface area contributed by atoms with Gasteiger partial charge in [-0.2, -0.15) is 0 Å². The van der Waals surface area contributed by atoms with Gasteiger partial charge in [-0.1, -0.05) is 6.08 Å². The van der Waals surface area contributed by atoms with Gasteiger partial charge in [0.15, 0.2) is 0 Å². The molecule has 0 spiro atoms. The summed E-state index contributed by atoms with van der Waals surface area (Å²) in [5.74, 6) is -1.22. The Morgan fingerprint density at radius 2 is 2.12 bits per heavy atom. The molecule has 2 N–H and O–H groups in total. The maximum atomic E-state index is 9.78. The number of aliphatic hydroxyl groups excluding tert-OH is 2. The molecule has 0 unspecified atom stereocenters. The lowest BCUT2D eigenvalue weighted by Gasteiger charge is -2.34. The molecule has 0 aromatic carbocycles. The minimum absolute atomic E-state index is 0.140. The summed E-state index contributed by atoms with van der Waals surface area (Å²) in [5, 5.41) is 19.2. The standard InChI is InChI=1S/C11H18O6/c1-2-3-14-9-8(13)6-15-10(9)11(7-12)16-4-5-17-11/h2,8-10,12-13H,1,3-7H2/t8-,9+,10-/m0/s1. The third kappa shape index (κ3) is 2.37. The highest BCUT2D eigenvalue weighted by Crippen LogP contribution is 2.33. The highest BCUT2D eigenvalue weighted by molar-refractivity contribution is 4.96. The van der Waals surface area contributed by atoms with Crippen LogP contribution < -0.4 is 0 Å². The van der Waals surface area contributed by atoms with E-state index in [0.717, 1.165) is 0 Å². The van der Waals surface area contributed by atoms with Gasteiger partial charge in [-0.15, -0.1) is 6.58 Å². The van der Waals surface area contributed by atoms with Gasteiger partial charge < -0.3 is 29.2 Å². The van der Waals surface area contributed by atoms with Crippen molar-refractivity contribution in [2.45, 2.75) is 24.1 Å². The van der Waals surface area contributed by atoms with Crippen LogP contribution in [0.25, 0.3) is 0 Å². The summed E-state index contributed by atoms with van der Waals surface area (Å²) < 4.78 is 21.7. The van der Waals surface area contributed by atoms with Crippen LogP contribution in [-0.2, 0) is 18.9 Å². The van der Waals surface area contributed by atoms with Gasteiger partial charge in [0.2, 0.25) is 5.79 Å². The molecule has 0 amide bonds. The molecule has 2 fully saturated rings. The molecule has 3 atom stereocenters. The predicted molar refractivity (Wildman–Crippen MR) is 57.4 cm³/mol. The smallest absolute Gasteiger partial charge is 0.221 e. The fourth-order valence-electron chi connectivity index (χ4n) is 2.16. The minimum atomic E-state index is -1.22. The van der Waals surface area contributed by atoms with Gasteiger partial charge in [0.1, 0.15) is 24.9 Å². The monoisotopic (exact) mass is 246 g/mol. The summed E-state index contributed by atoms with van der Waals surface area (Å²) in [6.45, 7) is 4.43. The maximum absolute atomic E-state index is 9.78. The third-order valence-electron chi connectivity index (χ3n) is 2.96. The van der Waals surface area contributed by atoms with Crippen LogP contribution >= 0.6 is 0 Å². The summed E-state index contributed by atoms with van der Waals surface area (Å²) >= 11 is 0. The number of hydrogen-bond acceptors (Lipinski definition) is 6. The Morgan fingerprint density at radius 1 is 1.41 bits per heavy atom. The Kier molecular flexibility index (Phi) is 4.13. The third-order valence-corrected chi connectivity index (χ3v) is 2.96. The van der Waals surface area contributed by atoms with Crippen molar-refractivity contribution in [2.24, 2.45) is 0 Å². The number of hydrogen-bond donors (Lipinski definition) is 2. The highest BCUT2D eigenvalue weighted by atomic mass is 16.8. The Labute approximate surface area is 99.7 Å². The molecule has 2 rings (SSSR count). The Hall–Kier alpha value is -0.500. The zero-order valence-electron chi connectivity index (χ0n) is 9.58. The lowest BCUT2D eigenvalue weighted by atomic mass is 10.0. The van der Waals surface area contributed by atoms with E-state index in [9.17, 15) is 10.2 Å². The van der Waals surface area contributed by atoms with Crippen LogP contribution in [0.5, 0.6) is 0 Å². The molecule has 98 valence electrons. The van der Waals surface area contributed by atoms with Gasteiger partial charge in [0, 0.05) is 0 Å². The van der Waals surface area contributed by atoms with E-state index >= 15 is 0 Å². The van der Waals surface area contributed by atoms with Crippen LogP contribution in [0.2, 0.25) is 0 Å². The van der Waals surface area contributed by atoms with Crippen molar-refractivity contribution < 1.29 is 29.2 Å². The lowest BCUT2D eigenvalue weighted by Crippen LogP contribution is -2.53. The van der Waals surface area contributed by atoms with Crippen molar-refractivity contribution in [3.63, 3.8) is 0 Å². The van der Waals surface area contributed by atoms with Gasteiger partial charge >= 0.3 is 0 Å². The zero-order chi connectivity index (χ0) is 12.3. The Morgan fingerprint density at radius 3 is 2.71 bits per heavy atom. The largest absolute Gasteiger partial charge is 0.391 e. The normalized spacial score (nSPS) is 36.2. The van der Waals surface area contributed by atoms with Crippen LogP contribution in [-0.4, -0.2) is 67.3 Å². The molecule has 2 aliphatic rings. The van der Waals surface area contributed by atoms with Crippen LogP contribution in [0.3, 0.4) is 0 Å². The molecular weight excluding hydrogens is 228 g/mol. The maximum Gasteiger partial charge on any atom is 0.221 e. The molecule has 0 aromatic rings. The first kappa shape index (κ1) is 12.9. The molecule has 0 radical (unpaired) electrons. The molecule has 0 aromatic heterocycles. The fourth-order valence-corrected chi connectivity index (χ4v) is 2.16. The van der Waals surface area contributed by atoms with Gasteiger partial charge in [0.25, 0.3) is 0 Å². The topological polar surface area (TPSA) is 77.4 Å². The molecule has 17 heavy (non-hydrogen) atoms. The number of rotatable bonds is 5. The van der Waals surface area contributed by atoms with Crippen molar-refractivity contribution in [1.82, 2.24) is 0 Å². The van der Waals surface area contributed by atoms with E-state index in [-0.39, 0.29) is 13.2 Å². The van der Waals surface area contributed by atoms with Crippen LogP contribution in [0.1, 0.15) is 0 Å². The second kappa shape index (κ2) is 5.43. The first-order valence-electron chi connectivity index (χ1n) is 5.64. The van der Waals surface area contributed by atoms with E-state index in [1.165, 1.54) is 0 Å². The average Bonchev–Trinajstić information content (AvgIpc) is 2.94. The summed E-state index contributed by atoms with van der Waals surface area (Å²) in [5.41, 5.74) is 0. The lowest BCUT2D eigenvalue weighted by molar-refractivity contribution is -0.258. The van der Waals surface area contributed by atoms with Crippen molar-refractivity contribution in [2.75, 3.05) is 33.0 Å². The summed E-state index contributed by atoms with van der Waals surface area (Å²) in [6.07, 6.45) is -0.385. The highest BCUT2D eigenvalue weighted by Gasteiger charge is 2.54. The Balaban J connectivity index is 2.09. The van der Waals surface area contributed by atoms with Crippen molar-refractivity contribution in [1.29, 1.82) is 0 Å². The number of ether oxygens (including phenoxy) is 4. The second-order valence-corrected chi connectivity index (χ2v) is 4.07. The molecule has 6 nitrogen and oxygen atoms in total. The molecule has 0 saturated carbocycles. The first-order valence-corrected chi connectivity index (χ1v) is 5.64. The average molecular weight is 246 g/mol. The summed E-state index contributed by atoms with van der Waals surface area (Å²) in [6, 6.07) is 0. The quantitative estimate of drug-likeness (QED) is 0.609. The van der Waals surface area contributed by atoms with Gasteiger partial charge in [-0.3, -0.25) is 0 Å². The van der Waals surface area contributed by atoms with Crippen LogP contribution in [0, 0.1) is 0 Å². The van der Waals surface area contributed by atoms with Crippen LogP contribution in [0.4, 0.5) is 0 Å². The molecular formula is C11H18O6.